The van der Waals surface area contributed by atoms with E-state index in [1.54, 1.807) is 0 Å². The van der Waals surface area contributed by atoms with Crippen LogP contribution in [0.25, 0.3) is 21.2 Å². The number of anilines is 2. The lowest BCUT2D eigenvalue weighted by molar-refractivity contribution is 0.674. The van der Waals surface area contributed by atoms with Gasteiger partial charge in [-0.2, -0.15) is 0 Å². The fourth-order valence-electron chi connectivity index (χ4n) is 4.00. The molecule has 1 heterocycles. The second-order valence-corrected chi connectivity index (χ2v) is 9.14. The Labute approximate surface area is 165 Å². The third-order valence-corrected chi connectivity index (χ3v) is 7.55. The number of benzene rings is 3. The van der Waals surface area contributed by atoms with Gasteiger partial charge < -0.3 is 5.32 Å². The monoisotopic (exact) mass is 419 g/mol. The molecule has 26 heavy (non-hydrogen) atoms. The summed E-state index contributed by atoms with van der Waals surface area (Å²) >= 11 is 5.57. The number of hydrogen-bond acceptors (Lipinski definition) is 2. The normalized spacial score (nSPS) is 14.3. The Balaban J connectivity index is 1.74. The van der Waals surface area contributed by atoms with Crippen molar-refractivity contribution >= 4 is 48.7 Å². The Morgan fingerprint density at radius 1 is 0.846 bits per heavy atom. The molecule has 0 bridgehead atoms. The van der Waals surface area contributed by atoms with Crippen molar-refractivity contribution in [2.24, 2.45) is 0 Å². The van der Waals surface area contributed by atoms with Crippen LogP contribution < -0.4 is 5.32 Å². The van der Waals surface area contributed by atoms with Crippen molar-refractivity contribution in [2.45, 2.75) is 19.3 Å². The predicted molar refractivity (Wildman–Crippen MR) is 117 cm³/mol. The predicted octanol–water partition coefficient (Wildman–Crippen LogP) is 7.71. The molecule has 1 aliphatic carbocycles. The number of thiophene rings is 1. The first-order valence-electron chi connectivity index (χ1n) is 8.75. The van der Waals surface area contributed by atoms with Gasteiger partial charge in [0.15, 0.2) is 0 Å². The smallest absolute Gasteiger partial charge is 0.0587 e. The molecule has 1 N–H and O–H groups in total. The summed E-state index contributed by atoms with van der Waals surface area (Å²) in [6, 6.07) is 23.7. The van der Waals surface area contributed by atoms with Gasteiger partial charge in [-0.25, -0.2) is 0 Å². The van der Waals surface area contributed by atoms with Crippen molar-refractivity contribution in [3.05, 3.63) is 81.6 Å². The van der Waals surface area contributed by atoms with Crippen molar-refractivity contribution in [3.63, 3.8) is 0 Å². The van der Waals surface area contributed by atoms with E-state index < -0.39 is 0 Å². The van der Waals surface area contributed by atoms with Gasteiger partial charge in [0.1, 0.15) is 0 Å². The maximum atomic E-state index is 3.64. The Bertz CT molecular complexity index is 1160. The minimum Gasteiger partial charge on any atom is -0.353 e. The fourth-order valence-corrected chi connectivity index (χ4v) is 5.79. The first-order chi connectivity index (χ1) is 12.6. The van der Waals surface area contributed by atoms with Crippen LogP contribution >= 0.6 is 27.3 Å². The molecule has 3 heteroatoms. The van der Waals surface area contributed by atoms with Crippen LogP contribution in [0.1, 0.15) is 24.3 Å². The zero-order valence-electron chi connectivity index (χ0n) is 14.6. The van der Waals surface area contributed by atoms with Gasteiger partial charge >= 0.3 is 0 Å². The molecule has 0 radical (unpaired) electrons. The van der Waals surface area contributed by atoms with Crippen molar-refractivity contribution < 1.29 is 0 Å². The summed E-state index contributed by atoms with van der Waals surface area (Å²) < 4.78 is 2.41. The van der Waals surface area contributed by atoms with E-state index in [1.807, 2.05) is 17.4 Å². The first kappa shape index (κ1) is 16.1. The highest BCUT2D eigenvalue weighted by atomic mass is 79.9. The molecule has 0 atom stereocenters. The average Bonchev–Trinajstić information content (AvgIpc) is 3.13. The molecule has 1 nitrogen and oxygen atoms in total. The molecule has 0 amide bonds. The Morgan fingerprint density at radius 3 is 2.42 bits per heavy atom. The number of hydrogen-bond donors (Lipinski definition) is 1. The van der Waals surface area contributed by atoms with Gasteiger partial charge in [-0.3, -0.25) is 0 Å². The van der Waals surface area contributed by atoms with Gasteiger partial charge in [0.25, 0.3) is 0 Å². The van der Waals surface area contributed by atoms with Crippen molar-refractivity contribution in [1.29, 1.82) is 0 Å². The lowest BCUT2D eigenvalue weighted by Gasteiger charge is -2.19. The highest BCUT2D eigenvalue weighted by molar-refractivity contribution is 9.10. The van der Waals surface area contributed by atoms with Crippen LogP contribution in [-0.4, -0.2) is 0 Å². The van der Waals surface area contributed by atoms with Crippen LogP contribution in [0.4, 0.5) is 11.4 Å². The second-order valence-electron chi connectivity index (χ2n) is 7.26. The minimum absolute atomic E-state index is 0.0558. The van der Waals surface area contributed by atoms with E-state index in [9.17, 15) is 0 Å². The zero-order chi connectivity index (χ0) is 17.9. The molecule has 1 aromatic heterocycles. The third kappa shape index (κ3) is 2.20. The van der Waals surface area contributed by atoms with Crippen molar-refractivity contribution in [2.75, 3.05) is 5.32 Å². The SMILES string of the molecule is CC1(C)c2ccccc2-c2c1sc1c(Nc3ccccc3Br)cccc21. The molecule has 0 aliphatic heterocycles. The van der Waals surface area contributed by atoms with Crippen molar-refractivity contribution in [1.82, 2.24) is 0 Å². The van der Waals surface area contributed by atoms with Crippen LogP contribution in [0.3, 0.4) is 0 Å². The van der Waals surface area contributed by atoms with E-state index in [4.69, 9.17) is 0 Å². The Kier molecular flexibility index (Phi) is 3.53. The highest BCUT2D eigenvalue weighted by Crippen LogP contribution is 2.56. The molecular weight excluding hydrogens is 402 g/mol. The van der Waals surface area contributed by atoms with Crippen LogP contribution in [0.15, 0.2) is 71.2 Å². The van der Waals surface area contributed by atoms with Gasteiger partial charge in [-0.15, -0.1) is 11.3 Å². The average molecular weight is 420 g/mol. The first-order valence-corrected chi connectivity index (χ1v) is 10.4. The van der Waals surface area contributed by atoms with Crippen LogP contribution in [0, 0.1) is 0 Å². The number of para-hydroxylation sites is 1. The molecular formula is C23H18BrNS. The topological polar surface area (TPSA) is 12.0 Å². The summed E-state index contributed by atoms with van der Waals surface area (Å²) in [4.78, 5) is 1.47. The zero-order valence-corrected chi connectivity index (χ0v) is 17.0. The van der Waals surface area contributed by atoms with Crippen LogP contribution in [0.2, 0.25) is 0 Å². The van der Waals surface area contributed by atoms with Gasteiger partial charge in [0.05, 0.1) is 16.1 Å². The summed E-state index contributed by atoms with van der Waals surface area (Å²) in [7, 11) is 0. The third-order valence-electron chi connectivity index (χ3n) is 5.30. The van der Waals surface area contributed by atoms with Gasteiger partial charge in [0, 0.05) is 25.7 Å². The molecule has 0 unspecified atom stereocenters. The quantitative estimate of drug-likeness (QED) is 0.350. The summed E-state index contributed by atoms with van der Waals surface area (Å²) in [5, 5.41) is 4.97. The van der Waals surface area contributed by atoms with E-state index in [-0.39, 0.29) is 5.41 Å². The lowest BCUT2D eigenvalue weighted by atomic mass is 9.87. The summed E-state index contributed by atoms with van der Waals surface area (Å²) in [5.41, 5.74) is 6.56. The van der Waals surface area contributed by atoms with E-state index in [2.05, 4.69) is 95.8 Å². The van der Waals surface area contributed by atoms with Crippen LogP contribution in [0.5, 0.6) is 0 Å². The molecule has 0 saturated carbocycles. The number of fused-ring (bicyclic) bond motifs is 5. The molecule has 0 saturated heterocycles. The van der Waals surface area contributed by atoms with Crippen LogP contribution in [-0.2, 0) is 5.41 Å². The molecule has 3 aromatic carbocycles. The number of rotatable bonds is 2. The molecule has 0 fully saturated rings. The minimum atomic E-state index is 0.0558. The molecule has 5 rings (SSSR count). The summed E-state index contributed by atoms with van der Waals surface area (Å²) in [6.07, 6.45) is 0. The molecule has 1 aliphatic rings. The molecule has 0 spiro atoms. The van der Waals surface area contributed by atoms with Gasteiger partial charge in [-0.1, -0.05) is 62.4 Å². The summed E-state index contributed by atoms with van der Waals surface area (Å²) in [6.45, 7) is 4.68. The van der Waals surface area contributed by atoms with Crippen molar-refractivity contribution in [3.8, 4) is 11.1 Å². The second kappa shape index (κ2) is 5.70. The molecule has 128 valence electrons. The largest absolute Gasteiger partial charge is 0.353 e. The maximum Gasteiger partial charge on any atom is 0.0587 e. The molecule has 4 aromatic rings. The van der Waals surface area contributed by atoms with Gasteiger partial charge in [0.2, 0.25) is 0 Å². The summed E-state index contributed by atoms with van der Waals surface area (Å²) in [5.74, 6) is 0. The van der Waals surface area contributed by atoms with E-state index in [0.29, 0.717) is 0 Å². The fraction of sp³-hybridized carbons (Fsp3) is 0.130. The Morgan fingerprint density at radius 2 is 1.58 bits per heavy atom. The lowest BCUT2D eigenvalue weighted by Crippen LogP contribution is -2.13. The van der Waals surface area contributed by atoms with Gasteiger partial charge in [-0.05, 0) is 45.3 Å². The van der Waals surface area contributed by atoms with E-state index >= 15 is 0 Å². The van der Waals surface area contributed by atoms with E-state index in [1.165, 1.54) is 37.3 Å². The maximum absolute atomic E-state index is 3.64. The number of halogens is 1. The van der Waals surface area contributed by atoms with E-state index in [0.717, 1.165) is 10.2 Å². The standard InChI is InChI=1S/C23H18BrNS/c1-23(2)16-10-4-3-8-14(16)20-15-9-7-13-19(21(15)26-22(20)23)25-18-12-6-5-11-17(18)24/h3-13,25H,1-2H3. The highest BCUT2D eigenvalue weighted by Gasteiger charge is 2.38. The Hall–Kier alpha value is -2.10. The number of nitrogens with one attached hydrogen (secondary N) is 1.